The van der Waals surface area contributed by atoms with Crippen LogP contribution in [0, 0.1) is 0 Å². The number of aromatic amines is 1. The maximum atomic E-state index is 12.4. The van der Waals surface area contributed by atoms with E-state index in [0.29, 0.717) is 40.9 Å². The fourth-order valence-electron chi connectivity index (χ4n) is 3.00. The van der Waals surface area contributed by atoms with Crippen LogP contribution in [0.2, 0.25) is 0 Å². The van der Waals surface area contributed by atoms with Crippen molar-refractivity contribution in [3.63, 3.8) is 0 Å². The summed E-state index contributed by atoms with van der Waals surface area (Å²) >= 11 is 1.48. The summed E-state index contributed by atoms with van der Waals surface area (Å²) < 4.78 is 7.77. The van der Waals surface area contributed by atoms with Crippen LogP contribution >= 0.6 is 11.8 Å². The van der Waals surface area contributed by atoms with Gasteiger partial charge in [0.25, 0.3) is 5.56 Å². The lowest BCUT2D eigenvalue weighted by Gasteiger charge is -2.13. The minimum Gasteiger partial charge on any atom is -0.486 e. The lowest BCUT2D eigenvalue weighted by molar-refractivity contribution is 0.289. The molecule has 1 N–H and O–H groups in total. The topological polar surface area (TPSA) is 85.7 Å². The van der Waals surface area contributed by atoms with Gasteiger partial charge in [-0.1, -0.05) is 48.2 Å². The van der Waals surface area contributed by atoms with E-state index >= 15 is 0 Å². The van der Waals surface area contributed by atoms with Crippen LogP contribution in [0.5, 0.6) is 5.75 Å². The number of hydrogen-bond donors (Lipinski definition) is 1. The van der Waals surface area contributed by atoms with Crippen LogP contribution in [-0.2, 0) is 13.2 Å². The number of benzene rings is 2. The summed E-state index contributed by atoms with van der Waals surface area (Å²) in [5, 5.41) is 9.78. The molecule has 4 rings (SSSR count). The van der Waals surface area contributed by atoms with E-state index in [1.807, 2.05) is 60.0 Å². The van der Waals surface area contributed by atoms with E-state index in [1.54, 1.807) is 12.1 Å². The molecule has 0 radical (unpaired) electrons. The zero-order valence-electron chi connectivity index (χ0n) is 16.5. The molecule has 0 aliphatic rings. The first kappa shape index (κ1) is 19.9. The van der Waals surface area contributed by atoms with Crippen molar-refractivity contribution in [2.45, 2.75) is 30.5 Å². The zero-order chi connectivity index (χ0) is 20.9. The predicted octanol–water partition coefficient (Wildman–Crippen LogP) is 4.13. The van der Waals surface area contributed by atoms with Gasteiger partial charge in [0, 0.05) is 6.54 Å². The normalized spacial score (nSPS) is 12.0. The Morgan fingerprint density at radius 2 is 1.93 bits per heavy atom. The second-order valence-electron chi connectivity index (χ2n) is 6.63. The minimum absolute atomic E-state index is 0.127. The van der Waals surface area contributed by atoms with Crippen LogP contribution in [0.25, 0.3) is 10.9 Å². The number of allylic oxidation sites excluding steroid dienone is 1. The van der Waals surface area contributed by atoms with Gasteiger partial charge in [-0.05, 0) is 31.2 Å². The highest BCUT2D eigenvalue weighted by Crippen LogP contribution is 2.32. The number of fused-ring (bicyclic) bond motifs is 1. The summed E-state index contributed by atoms with van der Waals surface area (Å²) in [7, 11) is 0. The standard InChI is InChI=1S/C22H21N5O2S/c1-3-13-27-19(14-29-16-9-5-4-6-10-16)25-26-22(27)30-15(2)20-23-18-12-8-7-11-17(18)21(28)24-20/h3-12,15H,1,13-14H2,2H3,(H,23,24,28)/t15-/m1/s1. The summed E-state index contributed by atoms with van der Waals surface area (Å²) in [6.45, 7) is 6.66. The fraction of sp³-hybridized carbons (Fsp3) is 0.182. The van der Waals surface area contributed by atoms with Crippen LogP contribution < -0.4 is 10.3 Å². The second kappa shape index (κ2) is 8.96. The smallest absolute Gasteiger partial charge is 0.258 e. The first-order valence-corrected chi connectivity index (χ1v) is 10.4. The Balaban J connectivity index is 1.56. The van der Waals surface area contributed by atoms with E-state index in [9.17, 15) is 4.79 Å². The van der Waals surface area contributed by atoms with Crippen LogP contribution in [0.1, 0.15) is 23.8 Å². The number of thioether (sulfide) groups is 1. The Bertz CT molecular complexity index is 1220. The maximum absolute atomic E-state index is 12.4. The summed E-state index contributed by atoms with van der Waals surface area (Å²) in [6.07, 6.45) is 1.79. The number of nitrogens with zero attached hydrogens (tertiary/aromatic N) is 4. The SMILES string of the molecule is C=CCn1c(COc2ccccc2)nnc1S[C@H](C)c1nc2ccccc2c(=O)[nH]1. The molecular formula is C22H21N5O2S. The minimum atomic E-state index is -0.146. The molecule has 0 aliphatic heterocycles. The number of nitrogens with one attached hydrogen (secondary N) is 1. The Labute approximate surface area is 177 Å². The number of hydrogen-bond acceptors (Lipinski definition) is 6. The molecule has 2 aromatic heterocycles. The molecule has 0 saturated heterocycles. The van der Waals surface area contributed by atoms with Gasteiger partial charge in [-0.15, -0.1) is 16.8 Å². The van der Waals surface area contributed by atoms with Gasteiger partial charge in [0.15, 0.2) is 11.0 Å². The lowest BCUT2D eigenvalue weighted by atomic mass is 10.2. The number of para-hydroxylation sites is 2. The average molecular weight is 420 g/mol. The number of H-pyrrole nitrogens is 1. The van der Waals surface area contributed by atoms with Gasteiger partial charge >= 0.3 is 0 Å². The first-order valence-electron chi connectivity index (χ1n) is 9.52. The molecule has 0 aliphatic carbocycles. The average Bonchev–Trinajstić information content (AvgIpc) is 3.14. The van der Waals surface area contributed by atoms with E-state index in [0.717, 1.165) is 5.75 Å². The lowest BCUT2D eigenvalue weighted by Crippen LogP contribution is -2.13. The highest BCUT2D eigenvalue weighted by molar-refractivity contribution is 7.99. The van der Waals surface area contributed by atoms with Crippen molar-refractivity contribution in [1.82, 2.24) is 24.7 Å². The molecule has 0 spiro atoms. The summed E-state index contributed by atoms with van der Waals surface area (Å²) in [5.41, 5.74) is 0.528. The maximum Gasteiger partial charge on any atom is 0.258 e. The van der Waals surface area contributed by atoms with Gasteiger partial charge < -0.3 is 9.72 Å². The molecule has 8 heteroatoms. The van der Waals surface area contributed by atoms with Crippen molar-refractivity contribution in [2.75, 3.05) is 0 Å². The molecule has 0 fully saturated rings. The highest BCUT2D eigenvalue weighted by Gasteiger charge is 2.18. The quantitative estimate of drug-likeness (QED) is 0.341. The van der Waals surface area contributed by atoms with Gasteiger partial charge in [-0.2, -0.15) is 0 Å². The third-order valence-electron chi connectivity index (χ3n) is 4.51. The Morgan fingerprint density at radius 1 is 1.17 bits per heavy atom. The van der Waals surface area contributed by atoms with E-state index in [4.69, 9.17) is 4.74 Å². The van der Waals surface area contributed by atoms with Crippen molar-refractivity contribution in [1.29, 1.82) is 0 Å². The van der Waals surface area contributed by atoms with Gasteiger partial charge in [0.1, 0.15) is 18.2 Å². The molecule has 0 amide bonds. The first-order chi connectivity index (χ1) is 14.7. The van der Waals surface area contributed by atoms with Crippen LogP contribution in [0.3, 0.4) is 0 Å². The van der Waals surface area contributed by atoms with E-state index in [1.165, 1.54) is 11.8 Å². The predicted molar refractivity (Wildman–Crippen MR) is 118 cm³/mol. The number of rotatable bonds is 8. The van der Waals surface area contributed by atoms with E-state index in [-0.39, 0.29) is 10.8 Å². The zero-order valence-corrected chi connectivity index (χ0v) is 17.3. The van der Waals surface area contributed by atoms with Crippen molar-refractivity contribution in [3.8, 4) is 5.75 Å². The molecule has 0 bridgehead atoms. The van der Waals surface area contributed by atoms with Crippen LogP contribution in [0.4, 0.5) is 0 Å². The summed E-state index contributed by atoms with van der Waals surface area (Å²) in [6, 6.07) is 16.9. The molecule has 2 heterocycles. The fourth-order valence-corrected chi connectivity index (χ4v) is 3.94. The van der Waals surface area contributed by atoms with Crippen molar-refractivity contribution >= 4 is 22.7 Å². The van der Waals surface area contributed by atoms with Gasteiger partial charge in [0.05, 0.1) is 16.2 Å². The molecule has 1 atom stereocenters. The van der Waals surface area contributed by atoms with Crippen molar-refractivity contribution < 1.29 is 4.74 Å². The second-order valence-corrected chi connectivity index (χ2v) is 7.94. The van der Waals surface area contributed by atoms with E-state index in [2.05, 4.69) is 26.7 Å². The molecule has 7 nitrogen and oxygen atoms in total. The molecule has 152 valence electrons. The Kier molecular flexibility index (Phi) is 5.94. The van der Waals surface area contributed by atoms with Gasteiger partial charge in [-0.3, -0.25) is 9.36 Å². The summed E-state index contributed by atoms with van der Waals surface area (Å²) in [4.78, 5) is 19.9. The third kappa shape index (κ3) is 4.28. The highest BCUT2D eigenvalue weighted by atomic mass is 32.2. The monoisotopic (exact) mass is 419 g/mol. The van der Waals surface area contributed by atoms with Crippen LogP contribution in [-0.4, -0.2) is 24.7 Å². The summed E-state index contributed by atoms with van der Waals surface area (Å²) in [5.74, 6) is 2.07. The molecule has 0 unspecified atom stereocenters. The third-order valence-corrected chi connectivity index (χ3v) is 5.60. The van der Waals surface area contributed by atoms with Gasteiger partial charge in [-0.25, -0.2) is 4.98 Å². The Morgan fingerprint density at radius 3 is 2.73 bits per heavy atom. The van der Waals surface area contributed by atoms with Crippen molar-refractivity contribution in [3.05, 3.63) is 89.3 Å². The molecule has 30 heavy (non-hydrogen) atoms. The van der Waals surface area contributed by atoms with E-state index < -0.39 is 0 Å². The van der Waals surface area contributed by atoms with Gasteiger partial charge in [0.2, 0.25) is 0 Å². The van der Waals surface area contributed by atoms with Crippen LogP contribution in [0.15, 0.2) is 77.2 Å². The molecule has 0 saturated carbocycles. The number of aromatic nitrogens is 5. The molecular weight excluding hydrogens is 398 g/mol. The number of ether oxygens (including phenoxy) is 1. The van der Waals surface area contributed by atoms with Crippen molar-refractivity contribution in [2.24, 2.45) is 0 Å². The largest absolute Gasteiger partial charge is 0.486 e. The molecule has 2 aromatic carbocycles. The Hall–Kier alpha value is -3.39. The molecule has 4 aromatic rings.